The third-order valence-corrected chi connectivity index (χ3v) is 3.06. The molecule has 3 atom stereocenters. The second-order valence-electron chi connectivity index (χ2n) is 5.65. The molecular formula is C13H22O3. The van der Waals surface area contributed by atoms with Gasteiger partial charge in [-0.2, -0.15) is 0 Å². The molecule has 0 aliphatic heterocycles. The van der Waals surface area contributed by atoms with E-state index in [9.17, 15) is 15.3 Å². The van der Waals surface area contributed by atoms with E-state index in [1.165, 1.54) is 0 Å². The predicted molar refractivity (Wildman–Crippen MR) is 62.9 cm³/mol. The largest absolute Gasteiger partial charge is 0.393 e. The summed E-state index contributed by atoms with van der Waals surface area (Å²) in [6.07, 6.45) is 1.42. The highest BCUT2D eigenvalue weighted by Crippen LogP contribution is 2.45. The van der Waals surface area contributed by atoms with E-state index in [0.717, 1.165) is 5.57 Å². The Balaban J connectivity index is 3.17. The lowest BCUT2D eigenvalue weighted by Gasteiger charge is -2.43. The normalized spacial score (nSPS) is 35.4. The summed E-state index contributed by atoms with van der Waals surface area (Å²) in [5, 5.41) is 29.2. The Morgan fingerprint density at radius 2 is 1.94 bits per heavy atom. The van der Waals surface area contributed by atoms with Crippen LogP contribution >= 0.6 is 0 Å². The van der Waals surface area contributed by atoms with Gasteiger partial charge in [0.05, 0.1) is 17.8 Å². The number of aliphatic hydroxyl groups is 3. The Hall–Kier alpha value is -0.600. The van der Waals surface area contributed by atoms with Crippen LogP contribution in [-0.2, 0) is 0 Å². The van der Waals surface area contributed by atoms with E-state index in [1.54, 1.807) is 19.9 Å². The van der Waals surface area contributed by atoms with Crippen molar-refractivity contribution in [3.8, 4) is 0 Å². The molecule has 0 aromatic heterocycles. The topological polar surface area (TPSA) is 60.7 Å². The molecule has 1 rings (SSSR count). The second-order valence-corrected chi connectivity index (χ2v) is 5.65. The van der Waals surface area contributed by atoms with Gasteiger partial charge in [0.1, 0.15) is 0 Å². The first kappa shape index (κ1) is 13.5. The van der Waals surface area contributed by atoms with Crippen LogP contribution < -0.4 is 0 Å². The predicted octanol–water partition coefficient (Wildman–Crippen LogP) is 1.38. The third-order valence-electron chi connectivity index (χ3n) is 3.06. The molecular weight excluding hydrogens is 204 g/mol. The fourth-order valence-corrected chi connectivity index (χ4v) is 2.61. The zero-order valence-corrected chi connectivity index (χ0v) is 10.5. The van der Waals surface area contributed by atoms with Crippen LogP contribution in [0.3, 0.4) is 0 Å². The van der Waals surface area contributed by atoms with Crippen LogP contribution in [0.25, 0.3) is 0 Å². The van der Waals surface area contributed by atoms with Crippen LogP contribution in [0.1, 0.15) is 40.5 Å². The minimum Gasteiger partial charge on any atom is -0.393 e. The van der Waals surface area contributed by atoms with Crippen molar-refractivity contribution < 1.29 is 15.3 Å². The Kier molecular flexibility index (Phi) is 3.65. The molecule has 0 unspecified atom stereocenters. The highest BCUT2D eigenvalue weighted by Gasteiger charge is 2.44. The molecule has 16 heavy (non-hydrogen) atoms. The summed E-state index contributed by atoms with van der Waals surface area (Å²) in [6.45, 7) is 7.28. The van der Waals surface area contributed by atoms with E-state index in [4.69, 9.17) is 0 Å². The fraction of sp³-hybridized carbons (Fsp3) is 0.769. The van der Waals surface area contributed by atoms with Gasteiger partial charge in [-0.25, -0.2) is 0 Å². The van der Waals surface area contributed by atoms with Crippen molar-refractivity contribution in [2.75, 3.05) is 0 Å². The summed E-state index contributed by atoms with van der Waals surface area (Å²) in [5.74, 6) is 0. The van der Waals surface area contributed by atoms with Gasteiger partial charge in [-0.3, -0.25) is 0 Å². The van der Waals surface area contributed by atoms with Crippen molar-refractivity contribution in [3.63, 3.8) is 0 Å². The van der Waals surface area contributed by atoms with Crippen LogP contribution in [0.4, 0.5) is 0 Å². The highest BCUT2D eigenvalue weighted by atomic mass is 16.3. The van der Waals surface area contributed by atoms with Gasteiger partial charge in [0, 0.05) is 12.0 Å². The molecule has 0 bridgehead atoms. The van der Waals surface area contributed by atoms with Gasteiger partial charge in [-0.1, -0.05) is 13.8 Å². The zero-order chi connectivity index (χ0) is 12.6. The van der Waals surface area contributed by atoms with Crippen LogP contribution in [0.5, 0.6) is 0 Å². The van der Waals surface area contributed by atoms with Crippen molar-refractivity contribution in [2.24, 2.45) is 5.41 Å². The summed E-state index contributed by atoms with van der Waals surface area (Å²) in [4.78, 5) is 0. The quantitative estimate of drug-likeness (QED) is 0.592. The Morgan fingerprint density at radius 3 is 2.38 bits per heavy atom. The molecule has 0 aromatic carbocycles. The first-order valence-corrected chi connectivity index (χ1v) is 5.71. The van der Waals surface area contributed by atoms with Crippen LogP contribution in [0, 0.1) is 5.41 Å². The van der Waals surface area contributed by atoms with Gasteiger partial charge in [0.2, 0.25) is 0 Å². The molecule has 1 aliphatic carbocycles. The van der Waals surface area contributed by atoms with E-state index in [0.29, 0.717) is 12.8 Å². The fourth-order valence-electron chi connectivity index (χ4n) is 2.61. The van der Waals surface area contributed by atoms with Crippen molar-refractivity contribution in [2.45, 2.75) is 58.3 Å². The van der Waals surface area contributed by atoms with Gasteiger partial charge in [-0.05, 0) is 31.8 Å². The first-order chi connectivity index (χ1) is 7.15. The van der Waals surface area contributed by atoms with Crippen molar-refractivity contribution in [3.05, 3.63) is 17.4 Å². The number of rotatable bonds is 1. The maximum absolute atomic E-state index is 10.3. The molecule has 3 nitrogen and oxygen atoms in total. The van der Waals surface area contributed by atoms with E-state index < -0.39 is 17.8 Å². The summed E-state index contributed by atoms with van der Waals surface area (Å²) in [7, 11) is 0. The Bertz CT molecular complexity index is 300. The van der Waals surface area contributed by atoms with Crippen LogP contribution in [-0.4, -0.2) is 33.1 Å². The maximum Gasteiger partial charge on any atom is 0.0931 e. The number of hydrogen-bond acceptors (Lipinski definition) is 3. The third kappa shape index (κ3) is 2.96. The summed E-state index contributed by atoms with van der Waals surface area (Å²) >= 11 is 0. The van der Waals surface area contributed by atoms with Crippen LogP contribution in [0.15, 0.2) is 17.4 Å². The average Bonchev–Trinajstić information content (AvgIpc) is 1.96. The minimum absolute atomic E-state index is 0.299. The lowest BCUT2D eigenvalue weighted by atomic mass is 9.65. The lowest BCUT2D eigenvalue weighted by Crippen LogP contribution is -2.45. The molecule has 1 saturated carbocycles. The average molecular weight is 226 g/mol. The lowest BCUT2D eigenvalue weighted by molar-refractivity contribution is -0.0268. The van der Waals surface area contributed by atoms with Crippen molar-refractivity contribution in [1.82, 2.24) is 0 Å². The Morgan fingerprint density at radius 1 is 1.38 bits per heavy atom. The summed E-state index contributed by atoms with van der Waals surface area (Å²) in [6, 6.07) is 0. The molecule has 0 radical (unpaired) electrons. The van der Waals surface area contributed by atoms with E-state index >= 15 is 0 Å². The smallest absolute Gasteiger partial charge is 0.0931 e. The summed E-state index contributed by atoms with van der Waals surface area (Å²) in [5.41, 5.74) is 2.41. The van der Waals surface area contributed by atoms with Gasteiger partial charge < -0.3 is 15.3 Å². The molecule has 1 fully saturated rings. The van der Waals surface area contributed by atoms with Gasteiger partial charge in [0.25, 0.3) is 0 Å². The van der Waals surface area contributed by atoms with Crippen molar-refractivity contribution >= 4 is 0 Å². The molecule has 1 aliphatic rings. The Labute approximate surface area is 97.1 Å². The standard InChI is InChI=1S/C13H22O3/c1-9(14)5-6-11-12(2,3)7-10(15)8-13(11,4)16/h5,9-10,14-16H,7-8H2,1-4H3/t6?,9-,10+,13-/m1/s1. The monoisotopic (exact) mass is 226 g/mol. The number of aliphatic hydroxyl groups excluding tert-OH is 2. The first-order valence-electron chi connectivity index (χ1n) is 5.71. The molecule has 0 saturated heterocycles. The molecule has 0 heterocycles. The minimum atomic E-state index is -1.05. The number of hydrogen-bond donors (Lipinski definition) is 3. The molecule has 92 valence electrons. The molecule has 0 spiro atoms. The maximum atomic E-state index is 10.3. The van der Waals surface area contributed by atoms with E-state index in [1.807, 2.05) is 13.8 Å². The van der Waals surface area contributed by atoms with Gasteiger partial charge >= 0.3 is 0 Å². The summed E-state index contributed by atoms with van der Waals surface area (Å²) < 4.78 is 0. The van der Waals surface area contributed by atoms with Gasteiger partial charge in [-0.15, -0.1) is 5.73 Å². The SMILES string of the molecule is C[C@@H](O)C=C=C1C(C)(C)C[C@H](O)C[C@@]1(C)O. The van der Waals surface area contributed by atoms with E-state index in [-0.39, 0.29) is 5.41 Å². The van der Waals surface area contributed by atoms with Crippen molar-refractivity contribution in [1.29, 1.82) is 0 Å². The zero-order valence-electron chi connectivity index (χ0n) is 10.5. The molecule has 0 amide bonds. The van der Waals surface area contributed by atoms with Crippen LogP contribution in [0.2, 0.25) is 0 Å². The van der Waals surface area contributed by atoms with E-state index in [2.05, 4.69) is 5.73 Å². The molecule has 3 N–H and O–H groups in total. The van der Waals surface area contributed by atoms with Gasteiger partial charge in [0.15, 0.2) is 0 Å². The highest BCUT2D eigenvalue weighted by molar-refractivity contribution is 5.26. The molecule has 0 aromatic rings. The molecule has 3 heteroatoms. The second kappa shape index (κ2) is 4.34.